The molecule has 127 valence electrons. The van der Waals surface area contributed by atoms with Crippen molar-refractivity contribution in [3.8, 4) is 0 Å². The van der Waals surface area contributed by atoms with Crippen LogP contribution in [0.4, 0.5) is 17.1 Å². The molecule has 5 rings (SSSR count). The third kappa shape index (κ3) is 2.94. The number of fused-ring (bicyclic) bond motifs is 2. The van der Waals surface area contributed by atoms with Crippen molar-refractivity contribution in [2.45, 2.75) is 0 Å². The topological polar surface area (TPSA) is 3.24 Å². The minimum absolute atomic E-state index is 1.15. The Morgan fingerprint density at radius 1 is 0.481 bits per heavy atom. The fraction of sp³-hybridized carbons (Fsp3) is 0. The standard InChI is InChI=1S/C26H18N/c1-3-11-24(12-4-1)27(25-13-5-2-6-14-25)26-16-15-22-17-20-9-7-8-10-21(20)18-23(22)19-26/h1-6,8-19H. The van der Waals surface area contributed by atoms with Crippen LogP contribution >= 0.6 is 0 Å². The first-order chi connectivity index (χ1) is 13.4. The summed E-state index contributed by atoms with van der Waals surface area (Å²) in [5, 5.41) is 4.94. The molecule has 5 aromatic carbocycles. The van der Waals surface area contributed by atoms with Gasteiger partial charge in [-0.15, -0.1) is 0 Å². The molecule has 0 aliphatic heterocycles. The van der Waals surface area contributed by atoms with E-state index in [1.165, 1.54) is 21.5 Å². The number of para-hydroxylation sites is 2. The van der Waals surface area contributed by atoms with E-state index in [9.17, 15) is 0 Å². The van der Waals surface area contributed by atoms with Crippen LogP contribution in [0.25, 0.3) is 21.5 Å². The van der Waals surface area contributed by atoms with Gasteiger partial charge in [0, 0.05) is 17.1 Å². The molecule has 0 amide bonds. The van der Waals surface area contributed by atoms with Crippen molar-refractivity contribution >= 4 is 38.6 Å². The number of rotatable bonds is 3. The molecular formula is C26H18N. The van der Waals surface area contributed by atoms with Crippen LogP contribution < -0.4 is 4.90 Å². The predicted octanol–water partition coefficient (Wildman–Crippen LogP) is 7.26. The van der Waals surface area contributed by atoms with E-state index in [1.807, 2.05) is 12.1 Å². The summed E-state index contributed by atoms with van der Waals surface area (Å²) in [5.74, 6) is 0. The highest BCUT2D eigenvalue weighted by atomic mass is 15.1. The molecule has 0 atom stereocenters. The zero-order chi connectivity index (χ0) is 18.1. The maximum atomic E-state index is 3.16. The second kappa shape index (κ2) is 6.62. The van der Waals surface area contributed by atoms with Crippen molar-refractivity contribution in [3.05, 3.63) is 115 Å². The van der Waals surface area contributed by atoms with E-state index in [-0.39, 0.29) is 0 Å². The van der Waals surface area contributed by atoms with E-state index in [0.717, 1.165) is 17.1 Å². The minimum atomic E-state index is 1.15. The summed E-state index contributed by atoms with van der Waals surface area (Å²) < 4.78 is 0. The second-order valence-corrected chi connectivity index (χ2v) is 6.66. The van der Waals surface area contributed by atoms with E-state index >= 15 is 0 Å². The quantitative estimate of drug-likeness (QED) is 0.311. The SMILES string of the molecule is [c]1ccc2cc3cc(N(c4ccccc4)c4ccccc4)ccc3cc2c1. The summed E-state index contributed by atoms with van der Waals surface area (Å²) in [4.78, 5) is 2.29. The summed E-state index contributed by atoms with van der Waals surface area (Å²) >= 11 is 0. The van der Waals surface area contributed by atoms with Gasteiger partial charge in [-0.1, -0.05) is 54.6 Å². The molecule has 0 spiro atoms. The predicted molar refractivity (Wildman–Crippen MR) is 115 cm³/mol. The van der Waals surface area contributed by atoms with E-state index in [2.05, 4.69) is 108 Å². The van der Waals surface area contributed by atoms with Gasteiger partial charge in [0.15, 0.2) is 0 Å². The molecule has 0 aromatic heterocycles. The minimum Gasteiger partial charge on any atom is -0.310 e. The maximum absolute atomic E-state index is 3.16. The average molecular weight is 344 g/mol. The monoisotopic (exact) mass is 344 g/mol. The normalized spacial score (nSPS) is 11.0. The molecule has 1 heteroatoms. The fourth-order valence-corrected chi connectivity index (χ4v) is 3.61. The molecule has 0 saturated carbocycles. The molecule has 0 aliphatic carbocycles. The van der Waals surface area contributed by atoms with Crippen LogP contribution in [0.2, 0.25) is 0 Å². The first-order valence-corrected chi connectivity index (χ1v) is 9.12. The summed E-state index contributed by atoms with van der Waals surface area (Å²) in [6, 6.07) is 41.5. The van der Waals surface area contributed by atoms with Gasteiger partial charge in [-0.25, -0.2) is 0 Å². The molecule has 0 aliphatic rings. The third-order valence-electron chi connectivity index (χ3n) is 4.91. The van der Waals surface area contributed by atoms with Gasteiger partial charge in [0.1, 0.15) is 0 Å². The van der Waals surface area contributed by atoms with E-state index in [4.69, 9.17) is 0 Å². The lowest BCUT2D eigenvalue weighted by Crippen LogP contribution is -2.09. The molecule has 1 nitrogen and oxygen atoms in total. The summed E-state index contributed by atoms with van der Waals surface area (Å²) in [6.45, 7) is 0. The van der Waals surface area contributed by atoms with Crippen LogP contribution in [-0.2, 0) is 0 Å². The summed E-state index contributed by atoms with van der Waals surface area (Å²) in [5.41, 5.74) is 3.46. The third-order valence-corrected chi connectivity index (χ3v) is 4.91. The Bertz CT molecular complexity index is 1170. The number of nitrogens with zero attached hydrogens (tertiary/aromatic N) is 1. The van der Waals surface area contributed by atoms with Crippen LogP contribution in [0.5, 0.6) is 0 Å². The van der Waals surface area contributed by atoms with Crippen LogP contribution in [0.3, 0.4) is 0 Å². The second-order valence-electron chi connectivity index (χ2n) is 6.66. The van der Waals surface area contributed by atoms with Crippen molar-refractivity contribution in [1.29, 1.82) is 0 Å². The molecule has 0 fully saturated rings. The molecule has 0 unspecified atom stereocenters. The van der Waals surface area contributed by atoms with Crippen LogP contribution in [0.15, 0.2) is 109 Å². The molecule has 0 N–H and O–H groups in total. The first-order valence-electron chi connectivity index (χ1n) is 9.12. The Kier molecular flexibility index (Phi) is 3.84. The van der Waals surface area contributed by atoms with Crippen LogP contribution in [0.1, 0.15) is 0 Å². The van der Waals surface area contributed by atoms with Gasteiger partial charge in [-0.05, 0) is 82.2 Å². The van der Waals surface area contributed by atoms with Crippen LogP contribution in [0, 0.1) is 6.07 Å². The zero-order valence-electron chi connectivity index (χ0n) is 14.8. The van der Waals surface area contributed by atoms with Gasteiger partial charge in [0.2, 0.25) is 0 Å². The van der Waals surface area contributed by atoms with Gasteiger partial charge >= 0.3 is 0 Å². The number of anilines is 3. The number of benzene rings is 5. The Morgan fingerprint density at radius 2 is 1.11 bits per heavy atom. The van der Waals surface area contributed by atoms with Gasteiger partial charge in [-0.3, -0.25) is 0 Å². The van der Waals surface area contributed by atoms with Crippen molar-refractivity contribution in [2.75, 3.05) is 4.90 Å². The Labute approximate surface area is 159 Å². The van der Waals surface area contributed by atoms with Crippen LogP contribution in [-0.4, -0.2) is 0 Å². The fourth-order valence-electron chi connectivity index (χ4n) is 3.61. The smallest absolute Gasteiger partial charge is 0.0468 e. The lowest BCUT2D eigenvalue weighted by atomic mass is 10.0. The maximum Gasteiger partial charge on any atom is 0.0468 e. The first kappa shape index (κ1) is 15.7. The lowest BCUT2D eigenvalue weighted by molar-refractivity contribution is 1.29. The van der Waals surface area contributed by atoms with Gasteiger partial charge in [0.25, 0.3) is 0 Å². The van der Waals surface area contributed by atoms with Gasteiger partial charge in [-0.2, -0.15) is 0 Å². The average Bonchev–Trinajstić information content (AvgIpc) is 2.74. The van der Waals surface area contributed by atoms with Crippen molar-refractivity contribution in [2.24, 2.45) is 0 Å². The number of hydrogen-bond donors (Lipinski definition) is 0. The Hall–Kier alpha value is -3.58. The molecule has 0 saturated heterocycles. The summed E-state index contributed by atoms with van der Waals surface area (Å²) in [7, 11) is 0. The molecule has 0 heterocycles. The number of hydrogen-bond acceptors (Lipinski definition) is 1. The Balaban J connectivity index is 1.71. The highest BCUT2D eigenvalue weighted by Gasteiger charge is 2.12. The van der Waals surface area contributed by atoms with E-state index < -0.39 is 0 Å². The highest BCUT2D eigenvalue weighted by Crippen LogP contribution is 2.36. The Morgan fingerprint density at radius 3 is 1.81 bits per heavy atom. The molecule has 0 bridgehead atoms. The summed E-state index contributed by atoms with van der Waals surface area (Å²) in [6.07, 6.45) is 0. The van der Waals surface area contributed by atoms with Crippen molar-refractivity contribution in [1.82, 2.24) is 0 Å². The van der Waals surface area contributed by atoms with Gasteiger partial charge < -0.3 is 4.90 Å². The molecule has 27 heavy (non-hydrogen) atoms. The van der Waals surface area contributed by atoms with Crippen molar-refractivity contribution < 1.29 is 0 Å². The lowest BCUT2D eigenvalue weighted by Gasteiger charge is -2.25. The highest BCUT2D eigenvalue weighted by molar-refractivity contribution is 6.00. The zero-order valence-corrected chi connectivity index (χ0v) is 14.8. The van der Waals surface area contributed by atoms with Gasteiger partial charge in [0.05, 0.1) is 0 Å². The van der Waals surface area contributed by atoms with E-state index in [0.29, 0.717) is 0 Å². The van der Waals surface area contributed by atoms with E-state index in [1.54, 1.807) is 0 Å². The molecular weight excluding hydrogens is 326 g/mol. The van der Waals surface area contributed by atoms with Crippen molar-refractivity contribution in [3.63, 3.8) is 0 Å². The largest absolute Gasteiger partial charge is 0.310 e. The molecule has 5 aromatic rings. The molecule has 1 radical (unpaired) electrons.